The molecule has 0 spiro atoms. The van der Waals surface area contributed by atoms with Crippen molar-refractivity contribution in [2.45, 2.75) is 31.0 Å². The number of carbonyl (C=O) groups excluding carboxylic acids is 1. The van der Waals surface area contributed by atoms with Crippen LogP contribution in [0.15, 0.2) is 41.2 Å². The first kappa shape index (κ1) is 16.2. The highest BCUT2D eigenvalue weighted by molar-refractivity contribution is 7.99. The Morgan fingerprint density at radius 2 is 2.32 bits per heavy atom. The van der Waals surface area contributed by atoms with Gasteiger partial charge < -0.3 is 10.1 Å². The van der Waals surface area contributed by atoms with Crippen LogP contribution in [0.2, 0.25) is 0 Å². The summed E-state index contributed by atoms with van der Waals surface area (Å²) in [5.74, 6) is 2.35. The summed E-state index contributed by atoms with van der Waals surface area (Å²) in [6.07, 6.45) is 3.45. The van der Waals surface area contributed by atoms with Crippen molar-refractivity contribution in [1.82, 2.24) is 14.8 Å². The molecule has 7 heteroatoms. The Labute approximate surface area is 150 Å². The predicted octanol–water partition coefficient (Wildman–Crippen LogP) is 3.28. The lowest BCUT2D eigenvalue weighted by Gasteiger charge is -2.36. The van der Waals surface area contributed by atoms with Crippen LogP contribution < -0.4 is 10.1 Å². The number of allylic oxidation sites excluding steroid dienone is 2. The number of nitrogens with zero attached hydrogens (tertiary/aromatic N) is 3. The Hall–Kier alpha value is -2.28. The van der Waals surface area contributed by atoms with Gasteiger partial charge in [0, 0.05) is 12.1 Å². The second kappa shape index (κ2) is 6.55. The van der Waals surface area contributed by atoms with Gasteiger partial charge in [0.25, 0.3) is 0 Å². The number of ketones is 1. The third-order valence-electron chi connectivity index (χ3n) is 4.59. The molecule has 2 atom stereocenters. The average molecular weight is 356 g/mol. The minimum atomic E-state index is -0.255. The van der Waals surface area contributed by atoms with E-state index < -0.39 is 0 Å². The van der Waals surface area contributed by atoms with Gasteiger partial charge in [0.15, 0.2) is 0 Å². The van der Waals surface area contributed by atoms with Crippen molar-refractivity contribution < 1.29 is 9.53 Å². The molecule has 0 bridgehead atoms. The van der Waals surface area contributed by atoms with Crippen molar-refractivity contribution in [1.29, 1.82) is 0 Å². The minimum Gasteiger partial charge on any atom is -0.497 e. The van der Waals surface area contributed by atoms with Gasteiger partial charge in [-0.2, -0.15) is 4.98 Å². The molecule has 0 amide bonds. The first-order chi connectivity index (χ1) is 12.2. The van der Waals surface area contributed by atoms with Gasteiger partial charge in [-0.15, -0.1) is 5.10 Å². The maximum absolute atomic E-state index is 12.7. The molecule has 2 aliphatic rings. The van der Waals surface area contributed by atoms with E-state index in [0.29, 0.717) is 12.4 Å². The van der Waals surface area contributed by atoms with Crippen LogP contribution in [-0.2, 0) is 4.79 Å². The van der Waals surface area contributed by atoms with E-state index in [9.17, 15) is 4.79 Å². The number of carbonyl (C=O) groups is 1. The largest absolute Gasteiger partial charge is 0.497 e. The zero-order valence-electron chi connectivity index (χ0n) is 14.2. The number of rotatable bonds is 4. The molecule has 0 fully saturated rings. The van der Waals surface area contributed by atoms with E-state index in [1.807, 2.05) is 28.9 Å². The van der Waals surface area contributed by atoms with Gasteiger partial charge in [0.2, 0.25) is 11.1 Å². The number of benzene rings is 1. The Balaban J connectivity index is 1.86. The molecule has 130 valence electrons. The molecule has 0 unspecified atom stereocenters. The highest BCUT2D eigenvalue weighted by Gasteiger charge is 2.41. The summed E-state index contributed by atoms with van der Waals surface area (Å²) in [6.45, 7) is 2.07. The maximum Gasteiger partial charge on any atom is 0.227 e. The summed E-state index contributed by atoms with van der Waals surface area (Å²) in [5.41, 5.74) is 1.95. The number of aromatic nitrogens is 3. The molecule has 6 nitrogen and oxygen atoms in total. The second-order valence-corrected chi connectivity index (χ2v) is 7.32. The number of ether oxygens (including phenoxy) is 1. The second-order valence-electron chi connectivity index (χ2n) is 6.08. The van der Waals surface area contributed by atoms with Crippen molar-refractivity contribution >= 4 is 23.5 Å². The first-order valence-electron chi connectivity index (χ1n) is 8.44. The summed E-state index contributed by atoms with van der Waals surface area (Å²) in [6, 6.07) is 7.66. The maximum atomic E-state index is 12.7. The summed E-state index contributed by atoms with van der Waals surface area (Å²) < 4.78 is 7.23. The number of nitrogens with one attached hydrogen (secondary N) is 1. The third-order valence-corrected chi connectivity index (χ3v) is 5.31. The van der Waals surface area contributed by atoms with E-state index in [1.165, 1.54) is 0 Å². The normalized spacial score (nSPS) is 21.8. The Bertz CT molecular complexity index is 845. The van der Waals surface area contributed by atoms with Gasteiger partial charge in [0.1, 0.15) is 11.5 Å². The first-order valence-corrected chi connectivity index (χ1v) is 9.43. The lowest BCUT2D eigenvalue weighted by Crippen LogP contribution is -2.38. The molecule has 0 radical (unpaired) electrons. The average Bonchev–Trinajstić information content (AvgIpc) is 3.02. The molecule has 25 heavy (non-hydrogen) atoms. The number of Topliss-reactive ketones (excluding diaryl/α,β-unsaturated/α-hetero) is 1. The Morgan fingerprint density at radius 3 is 3.12 bits per heavy atom. The van der Waals surface area contributed by atoms with Gasteiger partial charge >= 0.3 is 0 Å². The van der Waals surface area contributed by atoms with Crippen LogP contribution in [0, 0.1) is 5.92 Å². The predicted molar refractivity (Wildman–Crippen MR) is 97.0 cm³/mol. The van der Waals surface area contributed by atoms with E-state index >= 15 is 0 Å². The van der Waals surface area contributed by atoms with Crippen LogP contribution in [0.1, 0.15) is 31.4 Å². The fourth-order valence-electron chi connectivity index (χ4n) is 3.50. The number of hydrogen-bond donors (Lipinski definition) is 1. The fourth-order valence-corrected chi connectivity index (χ4v) is 4.06. The van der Waals surface area contributed by atoms with E-state index in [1.54, 1.807) is 18.9 Å². The summed E-state index contributed by atoms with van der Waals surface area (Å²) in [4.78, 5) is 17.3. The van der Waals surface area contributed by atoms with Gasteiger partial charge in [-0.3, -0.25) is 4.79 Å². The molecular weight excluding hydrogens is 336 g/mol. The lowest BCUT2D eigenvalue weighted by atomic mass is 9.81. The molecule has 2 aromatic rings. The molecule has 4 rings (SSSR count). The number of thioether (sulfide) groups is 1. The van der Waals surface area contributed by atoms with Gasteiger partial charge in [-0.05, 0) is 29.9 Å². The van der Waals surface area contributed by atoms with Crippen LogP contribution in [-0.4, -0.2) is 33.4 Å². The summed E-state index contributed by atoms with van der Waals surface area (Å²) >= 11 is 1.60. The van der Waals surface area contributed by atoms with Crippen LogP contribution in [0.3, 0.4) is 0 Å². The van der Waals surface area contributed by atoms with Crippen molar-refractivity contribution in [3.8, 4) is 5.75 Å². The van der Waals surface area contributed by atoms with Crippen LogP contribution >= 0.6 is 11.8 Å². The zero-order chi connectivity index (χ0) is 17.4. The minimum absolute atomic E-state index is 0.205. The number of methoxy groups -OCH3 is 1. The summed E-state index contributed by atoms with van der Waals surface area (Å²) in [7, 11) is 1.65. The monoisotopic (exact) mass is 356 g/mol. The molecule has 0 saturated heterocycles. The van der Waals surface area contributed by atoms with Gasteiger partial charge in [0.05, 0.1) is 19.1 Å². The molecule has 1 aliphatic carbocycles. The SMILES string of the molecule is CCSc1nc2n(n1)[C@H](c1cccc(OC)c1)[C@H]1C(=O)CCC=C1N2. The summed E-state index contributed by atoms with van der Waals surface area (Å²) in [5, 5.41) is 8.71. The molecule has 1 N–H and O–H groups in total. The van der Waals surface area contributed by atoms with Crippen LogP contribution in [0.25, 0.3) is 0 Å². The van der Waals surface area contributed by atoms with E-state index in [-0.39, 0.29) is 17.7 Å². The van der Waals surface area contributed by atoms with E-state index in [4.69, 9.17) is 4.74 Å². The molecular formula is C18H20N4O2S. The van der Waals surface area contributed by atoms with Crippen LogP contribution in [0.5, 0.6) is 5.75 Å². The Kier molecular flexibility index (Phi) is 4.25. The molecule has 0 saturated carbocycles. The Morgan fingerprint density at radius 1 is 1.44 bits per heavy atom. The standard InChI is InChI=1S/C18H20N4O2S/c1-3-25-18-20-17-19-13-8-5-9-14(23)15(13)16(22(17)21-18)11-6-4-7-12(10-11)24-2/h4,6-8,10,15-16H,3,5,9H2,1-2H3,(H,19,20,21)/t15-,16-/m1/s1. The quantitative estimate of drug-likeness (QED) is 0.848. The van der Waals surface area contributed by atoms with E-state index in [2.05, 4.69) is 28.4 Å². The molecule has 1 aromatic heterocycles. The zero-order valence-corrected chi connectivity index (χ0v) is 15.0. The van der Waals surface area contributed by atoms with Gasteiger partial charge in [-0.1, -0.05) is 36.9 Å². The number of anilines is 1. The highest BCUT2D eigenvalue weighted by atomic mass is 32.2. The fraction of sp³-hybridized carbons (Fsp3) is 0.389. The van der Waals surface area contributed by atoms with Crippen molar-refractivity contribution in [2.75, 3.05) is 18.2 Å². The van der Waals surface area contributed by atoms with Crippen molar-refractivity contribution in [3.05, 3.63) is 41.6 Å². The van der Waals surface area contributed by atoms with Crippen molar-refractivity contribution in [3.63, 3.8) is 0 Å². The van der Waals surface area contributed by atoms with E-state index in [0.717, 1.165) is 34.3 Å². The third kappa shape index (κ3) is 2.82. The number of fused-ring (bicyclic) bond motifs is 2. The highest BCUT2D eigenvalue weighted by Crippen LogP contribution is 2.42. The van der Waals surface area contributed by atoms with Crippen LogP contribution in [0.4, 0.5) is 5.95 Å². The smallest absolute Gasteiger partial charge is 0.227 e. The molecule has 1 aliphatic heterocycles. The molecule has 1 aromatic carbocycles. The van der Waals surface area contributed by atoms with Crippen molar-refractivity contribution in [2.24, 2.45) is 5.92 Å². The number of hydrogen-bond acceptors (Lipinski definition) is 6. The topological polar surface area (TPSA) is 69.0 Å². The molecule has 2 heterocycles. The van der Waals surface area contributed by atoms with Gasteiger partial charge in [-0.25, -0.2) is 4.68 Å². The lowest BCUT2D eigenvalue weighted by molar-refractivity contribution is -0.123.